The highest BCUT2D eigenvalue weighted by molar-refractivity contribution is 9.10. The van der Waals surface area contributed by atoms with E-state index in [1.54, 1.807) is 12.1 Å². The van der Waals surface area contributed by atoms with E-state index in [2.05, 4.69) is 59.4 Å². The maximum Gasteiger partial charge on any atom is 0.137 e. The van der Waals surface area contributed by atoms with Crippen molar-refractivity contribution in [3.8, 4) is 0 Å². The van der Waals surface area contributed by atoms with E-state index in [-0.39, 0.29) is 11.2 Å². The summed E-state index contributed by atoms with van der Waals surface area (Å²) in [6.07, 6.45) is 0. The van der Waals surface area contributed by atoms with Crippen molar-refractivity contribution in [3.63, 3.8) is 0 Å². The predicted octanol–water partition coefficient (Wildman–Crippen LogP) is 4.66. The third-order valence-corrected chi connectivity index (χ3v) is 4.08. The normalized spacial score (nSPS) is 11.6. The first-order chi connectivity index (χ1) is 9.49. The van der Waals surface area contributed by atoms with Crippen molar-refractivity contribution < 1.29 is 4.39 Å². The van der Waals surface area contributed by atoms with E-state index in [0.717, 1.165) is 12.1 Å². The fourth-order valence-electron chi connectivity index (χ4n) is 2.16. The molecule has 0 aromatic heterocycles. The van der Waals surface area contributed by atoms with Gasteiger partial charge in [0.1, 0.15) is 5.82 Å². The molecule has 0 amide bonds. The summed E-state index contributed by atoms with van der Waals surface area (Å²) in [6.45, 7) is 5.92. The first-order valence-electron chi connectivity index (χ1n) is 6.69. The fourth-order valence-corrected chi connectivity index (χ4v) is 2.41. The van der Waals surface area contributed by atoms with E-state index < -0.39 is 0 Å². The van der Waals surface area contributed by atoms with E-state index in [9.17, 15) is 4.39 Å². The minimum absolute atomic E-state index is 0.0508. The van der Waals surface area contributed by atoms with Crippen molar-refractivity contribution >= 4 is 15.9 Å². The number of benzene rings is 2. The van der Waals surface area contributed by atoms with Crippen molar-refractivity contribution in [1.29, 1.82) is 0 Å². The van der Waals surface area contributed by atoms with E-state index >= 15 is 0 Å². The topological polar surface area (TPSA) is 12.0 Å². The van der Waals surface area contributed by atoms with Gasteiger partial charge in [-0.05, 0) is 39.2 Å². The van der Waals surface area contributed by atoms with Crippen LogP contribution in [0.5, 0.6) is 0 Å². The summed E-state index contributed by atoms with van der Waals surface area (Å²) in [5.74, 6) is -0.216. The molecule has 0 fully saturated rings. The van der Waals surface area contributed by atoms with Crippen LogP contribution < -0.4 is 5.32 Å². The monoisotopic (exact) mass is 335 g/mol. The van der Waals surface area contributed by atoms with Gasteiger partial charge >= 0.3 is 0 Å². The van der Waals surface area contributed by atoms with Crippen LogP contribution in [0.3, 0.4) is 0 Å². The lowest BCUT2D eigenvalue weighted by atomic mass is 9.84. The molecule has 0 aliphatic carbocycles. The van der Waals surface area contributed by atoms with Gasteiger partial charge in [-0.2, -0.15) is 0 Å². The van der Waals surface area contributed by atoms with Crippen molar-refractivity contribution in [2.24, 2.45) is 0 Å². The Labute approximate surface area is 128 Å². The lowest BCUT2D eigenvalue weighted by molar-refractivity contribution is 0.468. The first-order valence-corrected chi connectivity index (χ1v) is 7.48. The number of hydrogen-bond donors (Lipinski definition) is 1. The maximum atomic E-state index is 13.4. The van der Waals surface area contributed by atoms with Crippen molar-refractivity contribution in [1.82, 2.24) is 5.32 Å². The van der Waals surface area contributed by atoms with Crippen LogP contribution in [0.4, 0.5) is 4.39 Å². The molecule has 2 aromatic rings. The minimum atomic E-state index is -0.216. The highest BCUT2D eigenvalue weighted by Crippen LogP contribution is 2.22. The molecule has 2 aromatic carbocycles. The average molecular weight is 336 g/mol. The highest BCUT2D eigenvalue weighted by Gasteiger charge is 2.19. The van der Waals surface area contributed by atoms with Crippen molar-refractivity contribution in [2.75, 3.05) is 6.54 Å². The molecular weight excluding hydrogens is 317 g/mol. The maximum absolute atomic E-state index is 13.4. The molecule has 0 saturated heterocycles. The largest absolute Gasteiger partial charge is 0.312 e. The van der Waals surface area contributed by atoms with Crippen molar-refractivity contribution in [2.45, 2.75) is 25.8 Å². The zero-order valence-electron chi connectivity index (χ0n) is 11.8. The van der Waals surface area contributed by atoms with Crippen LogP contribution in [0.25, 0.3) is 0 Å². The Kier molecular flexibility index (Phi) is 4.95. The van der Waals surface area contributed by atoms with Gasteiger partial charge in [-0.25, -0.2) is 4.39 Å². The van der Waals surface area contributed by atoms with E-state index in [1.807, 2.05) is 12.1 Å². The summed E-state index contributed by atoms with van der Waals surface area (Å²) in [4.78, 5) is 0. The molecule has 2 rings (SSSR count). The second-order valence-corrected chi connectivity index (χ2v) is 6.46. The molecule has 0 unspecified atom stereocenters. The lowest BCUT2D eigenvalue weighted by Crippen LogP contribution is -2.32. The van der Waals surface area contributed by atoms with Crippen LogP contribution in [-0.4, -0.2) is 6.54 Å². The smallest absolute Gasteiger partial charge is 0.137 e. The Hall–Kier alpha value is -1.19. The molecule has 0 saturated carbocycles. The van der Waals surface area contributed by atoms with Crippen LogP contribution >= 0.6 is 15.9 Å². The summed E-state index contributed by atoms with van der Waals surface area (Å²) in [5, 5.41) is 3.41. The van der Waals surface area contributed by atoms with Gasteiger partial charge in [-0.15, -0.1) is 0 Å². The van der Waals surface area contributed by atoms with Gasteiger partial charge in [0.2, 0.25) is 0 Å². The third kappa shape index (κ3) is 3.90. The van der Waals surface area contributed by atoms with E-state index in [1.165, 1.54) is 5.56 Å². The number of halogens is 2. The Morgan fingerprint density at radius 3 is 2.45 bits per heavy atom. The Bertz CT molecular complexity index is 566. The van der Waals surface area contributed by atoms with Gasteiger partial charge in [0.15, 0.2) is 0 Å². The molecule has 1 nitrogen and oxygen atoms in total. The predicted molar refractivity (Wildman–Crippen MR) is 85.3 cm³/mol. The number of nitrogens with one attached hydrogen (secondary N) is 1. The quantitative estimate of drug-likeness (QED) is 0.838. The van der Waals surface area contributed by atoms with Crippen molar-refractivity contribution in [3.05, 3.63) is 69.9 Å². The Balaban J connectivity index is 1.93. The second kappa shape index (κ2) is 6.51. The molecule has 0 aliphatic heterocycles. The Morgan fingerprint density at radius 2 is 1.80 bits per heavy atom. The fraction of sp³-hybridized carbons (Fsp3) is 0.294. The van der Waals surface area contributed by atoms with Crippen LogP contribution in [0.15, 0.2) is 53.0 Å². The van der Waals surface area contributed by atoms with Crippen LogP contribution in [0, 0.1) is 5.82 Å². The summed E-state index contributed by atoms with van der Waals surface area (Å²) >= 11 is 3.16. The molecular formula is C17H19BrFN. The molecule has 0 heterocycles. The number of hydrogen-bond acceptors (Lipinski definition) is 1. The number of rotatable bonds is 5. The molecule has 0 atom stereocenters. The third-order valence-electron chi connectivity index (χ3n) is 3.44. The van der Waals surface area contributed by atoms with E-state index in [0.29, 0.717) is 11.0 Å². The zero-order chi connectivity index (χ0) is 14.6. The highest BCUT2D eigenvalue weighted by atomic mass is 79.9. The Morgan fingerprint density at radius 1 is 1.10 bits per heavy atom. The van der Waals surface area contributed by atoms with E-state index in [4.69, 9.17) is 0 Å². The second-order valence-electron chi connectivity index (χ2n) is 5.60. The molecule has 1 N–H and O–H groups in total. The summed E-state index contributed by atoms with van der Waals surface area (Å²) in [5.41, 5.74) is 2.30. The average Bonchev–Trinajstić information content (AvgIpc) is 2.44. The molecule has 20 heavy (non-hydrogen) atoms. The van der Waals surface area contributed by atoms with Gasteiger partial charge in [-0.1, -0.05) is 50.2 Å². The molecule has 0 radical (unpaired) electrons. The molecule has 106 valence electrons. The van der Waals surface area contributed by atoms with Gasteiger partial charge in [-0.3, -0.25) is 0 Å². The molecule has 3 heteroatoms. The summed E-state index contributed by atoms with van der Waals surface area (Å²) in [6, 6.07) is 15.7. The minimum Gasteiger partial charge on any atom is -0.312 e. The van der Waals surface area contributed by atoms with Crippen LogP contribution in [-0.2, 0) is 12.0 Å². The van der Waals surface area contributed by atoms with Gasteiger partial charge in [0, 0.05) is 18.5 Å². The van der Waals surface area contributed by atoms with Gasteiger partial charge < -0.3 is 5.32 Å². The zero-order valence-corrected chi connectivity index (χ0v) is 13.4. The SMILES string of the molecule is CC(C)(CNCc1ccc(Br)c(F)c1)c1ccccc1. The standard InChI is InChI=1S/C17H19BrFN/c1-17(2,14-6-4-3-5-7-14)12-20-11-13-8-9-15(18)16(19)10-13/h3-10,20H,11-12H2,1-2H3. The molecule has 0 bridgehead atoms. The van der Waals surface area contributed by atoms with Gasteiger partial charge in [0.25, 0.3) is 0 Å². The molecule has 0 aliphatic rings. The molecule has 0 spiro atoms. The van der Waals surface area contributed by atoms with Crippen LogP contribution in [0.1, 0.15) is 25.0 Å². The van der Waals surface area contributed by atoms with Crippen LogP contribution in [0.2, 0.25) is 0 Å². The first kappa shape index (κ1) is 15.2. The van der Waals surface area contributed by atoms with Gasteiger partial charge in [0.05, 0.1) is 4.47 Å². The summed E-state index contributed by atoms with van der Waals surface area (Å²) in [7, 11) is 0. The summed E-state index contributed by atoms with van der Waals surface area (Å²) < 4.78 is 13.9. The lowest BCUT2D eigenvalue weighted by Gasteiger charge is -2.25.